The number of imidazole rings is 1. The summed E-state index contributed by atoms with van der Waals surface area (Å²) in [6.45, 7) is 7.55. The molecule has 1 aliphatic heterocycles. The summed E-state index contributed by atoms with van der Waals surface area (Å²) in [5.41, 5.74) is 6.91. The fourth-order valence-electron chi connectivity index (χ4n) is 4.60. The molecule has 0 amide bonds. The number of piperidine rings is 1. The molecule has 0 aliphatic carbocycles. The smallest absolute Gasteiger partial charge is 0.170 e. The van der Waals surface area contributed by atoms with Crippen LogP contribution in [0.1, 0.15) is 41.8 Å². The van der Waals surface area contributed by atoms with Crippen LogP contribution in [-0.4, -0.2) is 32.5 Å². The van der Waals surface area contributed by atoms with E-state index < -0.39 is 0 Å². The second-order valence-electron chi connectivity index (χ2n) is 8.44. The Hall–Kier alpha value is -2.66. The molecule has 0 atom stereocenters. The SMILES string of the molecule is Cc1ccc2c(CCC3CCN(Cc4cccc5nccn45)CC3)noc2c1C. The molecule has 4 heterocycles. The van der Waals surface area contributed by atoms with Crippen LogP contribution in [-0.2, 0) is 13.0 Å². The summed E-state index contributed by atoms with van der Waals surface area (Å²) in [6.07, 6.45) is 8.65. The van der Waals surface area contributed by atoms with Crippen molar-refractivity contribution in [2.24, 2.45) is 5.92 Å². The zero-order valence-corrected chi connectivity index (χ0v) is 17.3. The largest absolute Gasteiger partial charge is 0.356 e. The maximum absolute atomic E-state index is 5.65. The van der Waals surface area contributed by atoms with E-state index in [2.05, 4.69) is 69.8 Å². The van der Waals surface area contributed by atoms with Gasteiger partial charge in [-0.1, -0.05) is 17.3 Å². The molecule has 3 aromatic heterocycles. The number of likely N-dealkylation sites (tertiary alicyclic amines) is 1. The summed E-state index contributed by atoms with van der Waals surface area (Å²) in [5, 5.41) is 5.58. The molecule has 29 heavy (non-hydrogen) atoms. The lowest BCUT2D eigenvalue weighted by Gasteiger charge is -2.32. The molecule has 4 aromatic rings. The van der Waals surface area contributed by atoms with E-state index in [4.69, 9.17) is 4.52 Å². The molecular weight excluding hydrogens is 360 g/mol. The molecule has 0 bridgehead atoms. The number of aromatic nitrogens is 3. The fourth-order valence-corrected chi connectivity index (χ4v) is 4.60. The van der Waals surface area contributed by atoms with Crippen LogP contribution >= 0.6 is 0 Å². The lowest BCUT2D eigenvalue weighted by molar-refractivity contribution is 0.170. The van der Waals surface area contributed by atoms with Crippen molar-refractivity contribution in [3.8, 4) is 0 Å². The molecule has 0 unspecified atom stereocenters. The van der Waals surface area contributed by atoms with Gasteiger partial charge in [-0.25, -0.2) is 4.98 Å². The van der Waals surface area contributed by atoms with E-state index in [9.17, 15) is 0 Å². The minimum atomic E-state index is 0.772. The molecule has 0 saturated carbocycles. The first kappa shape index (κ1) is 18.4. The highest BCUT2D eigenvalue weighted by Gasteiger charge is 2.21. The van der Waals surface area contributed by atoms with Crippen molar-refractivity contribution in [3.63, 3.8) is 0 Å². The summed E-state index contributed by atoms with van der Waals surface area (Å²) in [5.74, 6) is 0.772. The predicted octanol–water partition coefficient (Wildman–Crippen LogP) is 4.94. The molecule has 1 saturated heterocycles. The van der Waals surface area contributed by atoms with Gasteiger partial charge >= 0.3 is 0 Å². The Kier molecular flexibility index (Phi) is 4.84. The van der Waals surface area contributed by atoms with Gasteiger partial charge in [0.15, 0.2) is 5.58 Å². The molecule has 1 aromatic carbocycles. The lowest BCUT2D eigenvalue weighted by atomic mass is 9.91. The average Bonchev–Trinajstić information content (AvgIpc) is 3.38. The summed E-state index contributed by atoms with van der Waals surface area (Å²) in [6, 6.07) is 10.7. The third kappa shape index (κ3) is 3.55. The number of nitrogens with zero attached hydrogens (tertiary/aromatic N) is 4. The van der Waals surface area contributed by atoms with Gasteiger partial charge in [-0.2, -0.15) is 0 Å². The number of aryl methyl sites for hydroxylation is 3. The number of hydrogen-bond acceptors (Lipinski definition) is 4. The van der Waals surface area contributed by atoms with Gasteiger partial charge in [-0.15, -0.1) is 0 Å². The van der Waals surface area contributed by atoms with Crippen LogP contribution in [0.5, 0.6) is 0 Å². The van der Waals surface area contributed by atoms with Crippen LogP contribution in [0, 0.1) is 19.8 Å². The van der Waals surface area contributed by atoms with Crippen molar-refractivity contribution in [2.75, 3.05) is 13.1 Å². The van der Waals surface area contributed by atoms with Crippen molar-refractivity contribution >= 4 is 16.6 Å². The Balaban J connectivity index is 1.18. The van der Waals surface area contributed by atoms with Gasteiger partial charge in [-0.05, 0) is 87.9 Å². The Morgan fingerprint density at radius 1 is 1.10 bits per heavy atom. The number of hydrogen-bond donors (Lipinski definition) is 0. The van der Waals surface area contributed by atoms with Crippen LogP contribution in [0.2, 0.25) is 0 Å². The third-order valence-corrected chi connectivity index (χ3v) is 6.63. The molecule has 0 radical (unpaired) electrons. The van der Waals surface area contributed by atoms with Gasteiger partial charge in [0.05, 0.1) is 5.69 Å². The highest BCUT2D eigenvalue weighted by molar-refractivity contribution is 5.83. The van der Waals surface area contributed by atoms with Gasteiger partial charge < -0.3 is 8.92 Å². The number of fused-ring (bicyclic) bond motifs is 2. The van der Waals surface area contributed by atoms with Crippen molar-refractivity contribution in [1.82, 2.24) is 19.4 Å². The lowest BCUT2D eigenvalue weighted by Crippen LogP contribution is -2.33. The Labute approximate surface area is 171 Å². The third-order valence-electron chi connectivity index (χ3n) is 6.63. The molecule has 5 rings (SSSR count). The van der Waals surface area contributed by atoms with Gasteiger partial charge in [0, 0.05) is 30.0 Å². The molecule has 0 N–H and O–H groups in total. The fraction of sp³-hybridized carbons (Fsp3) is 0.417. The van der Waals surface area contributed by atoms with E-state index >= 15 is 0 Å². The summed E-state index contributed by atoms with van der Waals surface area (Å²) in [4.78, 5) is 6.97. The summed E-state index contributed by atoms with van der Waals surface area (Å²) >= 11 is 0. The number of benzene rings is 1. The van der Waals surface area contributed by atoms with Crippen LogP contribution in [0.3, 0.4) is 0 Å². The van der Waals surface area contributed by atoms with Crippen molar-refractivity contribution < 1.29 is 4.52 Å². The van der Waals surface area contributed by atoms with Crippen LogP contribution in [0.4, 0.5) is 0 Å². The highest BCUT2D eigenvalue weighted by Crippen LogP contribution is 2.28. The van der Waals surface area contributed by atoms with Gasteiger partial charge in [0.25, 0.3) is 0 Å². The van der Waals surface area contributed by atoms with E-state index in [0.717, 1.165) is 48.9 Å². The van der Waals surface area contributed by atoms with E-state index in [-0.39, 0.29) is 0 Å². The van der Waals surface area contributed by atoms with Crippen LogP contribution in [0.25, 0.3) is 16.6 Å². The summed E-state index contributed by atoms with van der Waals surface area (Å²) < 4.78 is 7.85. The summed E-state index contributed by atoms with van der Waals surface area (Å²) in [7, 11) is 0. The second-order valence-corrected chi connectivity index (χ2v) is 8.44. The molecule has 1 aliphatic rings. The zero-order chi connectivity index (χ0) is 19.8. The first-order valence-corrected chi connectivity index (χ1v) is 10.7. The topological polar surface area (TPSA) is 46.6 Å². The molecule has 150 valence electrons. The van der Waals surface area contributed by atoms with E-state index in [1.807, 2.05) is 6.20 Å². The Morgan fingerprint density at radius 2 is 1.97 bits per heavy atom. The molecule has 1 fully saturated rings. The minimum Gasteiger partial charge on any atom is -0.356 e. The normalized spacial score (nSPS) is 16.2. The predicted molar refractivity (Wildman–Crippen MR) is 115 cm³/mol. The second kappa shape index (κ2) is 7.64. The highest BCUT2D eigenvalue weighted by atomic mass is 16.5. The average molecular weight is 389 g/mol. The molecule has 5 nitrogen and oxygen atoms in total. The Bertz CT molecular complexity index is 1130. The van der Waals surface area contributed by atoms with Gasteiger partial charge in [0.1, 0.15) is 5.65 Å². The molecule has 0 spiro atoms. The maximum atomic E-state index is 5.65. The first-order chi connectivity index (χ1) is 14.2. The molecule has 5 heteroatoms. The monoisotopic (exact) mass is 388 g/mol. The quantitative estimate of drug-likeness (QED) is 0.486. The van der Waals surface area contributed by atoms with Crippen LogP contribution < -0.4 is 0 Å². The van der Waals surface area contributed by atoms with E-state index in [1.165, 1.54) is 41.5 Å². The van der Waals surface area contributed by atoms with Gasteiger partial charge in [0.2, 0.25) is 0 Å². The number of rotatable bonds is 5. The number of pyridine rings is 1. The van der Waals surface area contributed by atoms with E-state index in [1.54, 1.807) is 0 Å². The van der Waals surface area contributed by atoms with Crippen LogP contribution in [0.15, 0.2) is 47.2 Å². The minimum absolute atomic E-state index is 0.772. The van der Waals surface area contributed by atoms with Crippen molar-refractivity contribution in [2.45, 2.75) is 46.1 Å². The van der Waals surface area contributed by atoms with Crippen molar-refractivity contribution in [3.05, 3.63) is 65.2 Å². The standard InChI is InChI=1S/C24H28N4O/c1-17-6-8-21-22(26-29-24(21)18(17)2)9-7-19-10-13-27(14-11-19)16-20-4-3-5-23-25-12-15-28(20)23/h3-6,8,12,15,19H,7,9-11,13-14,16H2,1-2H3. The maximum Gasteiger partial charge on any atom is 0.170 e. The Morgan fingerprint density at radius 3 is 2.83 bits per heavy atom. The van der Waals surface area contributed by atoms with Gasteiger partial charge in [-0.3, -0.25) is 4.90 Å². The first-order valence-electron chi connectivity index (χ1n) is 10.7. The molecular formula is C24H28N4O. The zero-order valence-electron chi connectivity index (χ0n) is 17.3. The van der Waals surface area contributed by atoms with E-state index in [0.29, 0.717) is 0 Å². The van der Waals surface area contributed by atoms with Crippen molar-refractivity contribution in [1.29, 1.82) is 0 Å².